The third kappa shape index (κ3) is 1.67. The zero-order valence-electron chi connectivity index (χ0n) is 8.13. The molecule has 0 unspecified atom stereocenters. The fourth-order valence-electron chi connectivity index (χ4n) is 1.67. The molecule has 72 valence electrons. The summed E-state index contributed by atoms with van der Waals surface area (Å²) in [6.07, 6.45) is 4.11. The number of benzene rings is 1. The van der Waals surface area contributed by atoms with Gasteiger partial charge in [0.15, 0.2) is 0 Å². The van der Waals surface area contributed by atoms with Crippen LogP contribution in [0, 0.1) is 0 Å². The maximum absolute atomic E-state index is 4.43. The van der Waals surface area contributed by atoms with Crippen LogP contribution >= 0.6 is 15.9 Å². The lowest BCUT2D eigenvalue weighted by Gasteiger charge is -2.05. The lowest BCUT2D eigenvalue weighted by atomic mass is 10.1. The Labute approximate surface area is 92.3 Å². The molecule has 2 aromatic rings. The van der Waals surface area contributed by atoms with Gasteiger partial charge in [-0.2, -0.15) is 0 Å². The van der Waals surface area contributed by atoms with Crippen molar-refractivity contribution in [1.82, 2.24) is 4.98 Å². The molecule has 0 saturated carbocycles. The van der Waals surface area contributed by atoms with Gasteiger partial charge >= 0.3 is 0 Å². The van der Waals surface area contributed by atoms with Gasteiger partial charge in [0.05, 0.1) is 5.52 Å². The van der Waals surface area contributed by atoms with Gasteiger partial charge in [-0.05, 0) is 18.1 Å². The molecule has 0 atom stereocenters. The van der Waals surface area contributed by atoms with Gasteiger partial charge in [-0.3, -0.25) is 4.98 Å². The molecule has 0 aliphatic heterocycles. The fourth-order valence-corrected chi connectivity index (χ4v) is 2.11. The summed E-state index contributed by atoms with van der Waals surface area (Å²) in [6, 6.07) is 8.34. The van der Waals surface area contributed by atoms with E-state index in [2.05, 4.69) is 46.0 Å². The smallest absolute Gasteiger partial charge is 0.0745 e. The van der Waals surface area contributed by atoms with Gasteiger partial charge in [0, 0.05) is 16.1 Å². The summed E-state index contributed by atoms with van der Waals surface area (Å²) < 4.78 is 1.13. The van der Waals surface area contributed by atoms with Gasteiger partial charge in [0.25, 0.3) is 0 Å². The van der Waals surface area contributed by atoms with Crippen molar-refractivity contribution in [2.24, 2.45) is 0 Å². The molecule has 0 spiro atoms. The van der Waals surface area contributed by atoms with E-state index < -0.39 is 0 Å². The molecule has 0 fully saturated rings. The molecule has 0 saturated heterocycles. The second-order valence-corrected chi connectivity index (χ2v) is 4.21. The Hall–Kier alpha value is -0.890. The third-order valence-corrected chi connectivity index (χ3v) is 3.01. The highest BCUT2D eigenvalue weighted by Gasteiger charge is 2.03. The summed E-state index contributed by atoms with van der Waals surface area (Å²) in [4.78, 5) is 4.43. The largest absolute Gasteiger partial charge is 0.256 e. The quantitative estimate of drug-likeness (QED) is 0.786. The minimum absolute atomic E-state index is 1.10. The number of aromatic nitrogens is 1. The average molecular weight is 250 g/mol. The van der Waals surface area contributed by atoms with Crippen LogP contribution in [0.2, 0.25) is 0 Å². The van der Waals surface area contributed by atoms with Gasteiger partial charge in [-0.15, -0.1) is 0 Å². The van der Waals surface area contributed by atoms with Crippen molar-refractivity contribution in [3.05, 3.63) is 40.5 Å². The van der Waals surface area contributed by atoms with Gasteiger partial charge in [-0.1, -0.05) is 47.5 Å². The van der Waals surface area contributed by atoms with E-state index in [0.717, 1.165) is 22.8 Å². The summed E-state index contributed by atoms with van der Waals surface area (Å²) in [5, 5.41) is 1.21. The number of halogens is 1. The predicted molar refractivity (Wildman–Crippen MR) is 63.4 cm³/mol. The number of para-hydroxylation sites is 1. The standard InChI is InChI=1S/C12H12BrN/c1-2-4-9-5-3-6-10-11(13)7-8-14-12(9)10/h3,5-8H,2,4H2,1H3. The topological polar surface area (TPSA) is 12.9 Å². The number of aryl methyl sites for hydroxylation is 1. The summed E-state index contributed by atoms with van der Waals surface area (Å²) in [5.41, 5.74) is 2.47. The minimum Gasteiger partial charge on any atom is -0.256 e. The van der Waals surface area contributed by atoms with E-state index in [0.29, 0.717) is 0 Å². The molecular weight excluding hydrogens is 238 g/mol. The number of fused-ring (bicyclic) bond motifs is 1. The molecule has 0 aliphatic rings. The number of hydrogen-bond donors (Lipinski definition) is 0. The minimum atomic E-state index is 1.10. The van der Waals surface area contributed by atoms with Crippen molar-refractivity contribution in [1.29, 1.82) is 0 Å². The molecule has 2 rings (SSSR count). The van der Waals surface area contributed by atoms with E-state index in [1.807, 2.05) is 12.3 Å². The van der Waals surface area contributed by atoms with Crippen molar-refractivity contribution in [3.8, 4) is 0 Å². The molecule has 14 heavy (non-hydrogen) atoms. The zero-order valence-corrected chi connectivity index (χ0v) is 9.71. The Bertz CT molecular complexity index is 451. The molecular formula is C12H12BrN. The van der Waals surface area contributed by atoms with E-state index in [1.165, 1.54) is 10.9 Å². The molecule has 0 aliphatic carbocycles. The highest BCUT2D eigenvalue weighted by molar-refractivity contribution is 9.10. The normalized spacial score (nSPS) is 10.7. The molecule has 0 amide bonds. The van der Waals surface area contributed by atoms with E-state index >= 15 is 0 Å². The van der Waals surface area contributed by atoms with Crippen LogP contribution in [0.1, 0.15) is 18.9 Å². The average Bonchev–Trinajstić information content (AvgIpc) is 2.20. The van der Waals surface area contributed by atoms with Crippen LogP contribution < -0.4 is 0 Å². The van der Waals surface area contributed by atoms with Crippen molar-refractivity contribution in [3.63, 3.8) is 0 Å². The number of hydrogen-bond acceptors (Lipinski definition) is 1. The Kier molecular flexibility index (Phi) is 2.82. The van der Waals surface area contributed by atoms with Gasteiger partial charge in [-0.25, -0.2) is 0 Å². The van der Waals surface area contributed by atoms with E-state index in [9.17, 15) is 0 Å². The molecule has 0 N–H and O–H groups in total. The predicted octanol–water partition coefficient (Wildman–Crippen LogP) is 3.95. The Morgan fingerprint density at radius 3 is 2.93 bits per heavy atom. The van der Waals surface area contributed by atoms with Gasteiger partial charge in [0.1, 0.15) is 0 Å². The van der Waals surface area contributed by atoms with E-state index in [1.54, 1.807) is 0 Å². The molecule has 2 heteroatoms. The first-order valence-corrected chi connectivity index (χ1v) is 5.64. The first kappa shape index (κ1) is 9.66. The first-order valence-electron chi connectivity index (χ1n) is 4.85. The van der Waals surface area contributed by atoms with Gasteiger partial charge < -0.3 is 0 Å². The summed E-state index contributed by atoms with van der Waals surface area (Å²) >= 11 is 3.54. The SMILES string of the molecule is CCCc1cccc2c(Br)ccnc12. The number of nitrogens with zero attached hydrogens (tertiary/aromatic N) is 1. The third-order valence-electron chi connectivity index (χ3n) is 2.32. The molecule has 0 radical (unpaired) electrons. The maximum Gasteiger partial charge on any atom is 0.0745 e. The van der Waals surface area contributed by atoms with Crippen molar-refractivity contribution in [2.75, 3.05) is 0 Å². The lowest BCUT2D eigenvalue weighted by molar-refractivity contribution is 0.926. The number of rotatable bonds is 2. The summed E-state index contributed by atoms with van der Waals surface area (Å²) in [6.45, 7) is 2.19. The van der Waals surface area contributed by atoms with Crippen molar-refractivity contribution >= 4 is 26.8 Å². The second-order valence-electron chi connectivity index (χ2n) is 3.36. The van der Waals surface area contributed by atoms with Crippen LogP contribution in [-0.4, -0.2) is 4.98 Å². The van der Waals surface area contributed by atoms with Crippen LogP contribution in [-0.2, 0) is 6.42 Å². The molecule has 1 heterocycles. The Morgan fingerprint density at radius 2 is 2.14 bits per heavy atom. The molecule has 0 bridgehead atoms. The van der Waals surface area contributed by atoms with Crippen LogP contribution in [0.5, 0.6) is 0 Å². The van der Waals surface area contributed by atoms with Crippen LogP contribution in [0.3, 0.4) is 0 Å². The Balaban J connectivity index is 2.68. The molecule has 1 aromatic heterocycles. The monoisotopic (exact) mass is 249 g/mol. The van der Waals surface area contributed by atoms with Crippen LogP contribution in [0.4, 0.5) is 0 Å². The van der Waals surface area contributed by atoms with Crippen molar-refractivity contribution in [2.45, 2.75) is 19.8 Å². The molecule has 1 nitrogen and oxygen atoms in total. The summed E-state index contributed by atoms with van der Waals surface area (Å²) in [7, 11) is 0. The zero-order chi connectivity index (χ0) is 9.97. The number of pyridine rings is 1. The molecule has 1 aromatic carbocycles. The Morgan fingerprint density at radius 1 is 1.29 bits per heavy atom. The second kappa shape index (κ2) is 4.09. The van der Waals surface area contributed by atoms with E-state index in [-0.39, 0.29) is 0 Å². The highest BCUT2D eigenvalue weighted by atomic mass is 79.9. The fraction of sp³-hybridized carbons (Fsp3) is 0.250. The van der Waals surface area contributed by atoms with Gasteiger partial charge in [0.2, 0.25) is 0 Å². The first-order chi connectivity index (χ1) is 6.83. The van der Waals surface area contributed by atoms with Crippen molar-refractivity contribution < 1.29 is 0 Å². The van der Waals surface area contributed by atoms with Crippen LogP contribution in [0.15, 0.2) is 34.9 Å². The van der Waals surface area contributed by atoms with E-state index in [4.69, 9.17) is 0 Å². The lowest BCUT2D eigenvalue weighted by Crippen LogP contribution is -1.88. The summed E-state index contributed by atoms with van der Waals surface area (Å²) in [5.74, 6) is 0. The van der Waals surface area contributed by atoms with Crippen LogP contribution in [0.25, 0.3) is 10.9 Å². The highest BCUT2D eigenvalue weighted by Crippen LogP contribution is 2.24. The maximum atomic E-state index is 4.43.